The van der Waals surface area contributed by atoms with Crippen LogP contribution in [0.3, 0.4) is 0 Å². The Balaban J connectivity index is 3.40. The standard InChI is InChI=1S/C15H29NSi2/c1-16(2)14-12-10-9-11-13(14)15(17(3,4)5)18(6,7)8/h9-12,15H,1-8H3. The van der Waals surface area contributed by atoms with Crippen molar-refractivity contribution in [1.82, 2.24) is 0 Å². The molecule has 0 bridgehead atoms. The molecule has 1 nitrogen and oxygen atoms in total. The van der Waals surface area contributed by atoms with Gasteiger partial charge in [0.1, 0.15) is 0 Å². The van der Waals surface area contributed by atoms with Gasteiger partial charge in [0, 0.05) is 35.9 Å². The van der Waals surface area contributed by atoms with Crippen molar-refractivity contribution in [2.45, 2.75) is 44.4 Å². The summed E-state index contributed by atoms with van der Waals surface area (Å²) in [5.74, 6) is 0. The average Bonchev–Trinajstić information content (AvgIpc) is 2.13. The van der Waals surface area contributed by atoms with Gasteiger partial charge < -0.3 is 4.90 Å². The topological polar surface area (TPSA) is 3.24 Å². The Labute approximate surface area is 115 Å². The Morgan fingerprint density at radius 2 is 1.28 bits per heavy atom. The molecule has 1 rings (SSSR count). The average molecular weight is 280 g/mol. The van der Waals surface area contributed by atoms with Crippen LogP contribution in [0.2, 0.25) is 39.3 Å². The molecule has 0 amide bonds. The fraction of sp³-hybridized carbons (Fsp3) is 0.600. The third kappa shape index (κ3) is 3.48. The summed E-state index contributed by atoms with van der Waals surface area (Å²) < 4.78 is 0. The van der Waals surface area contributed by atoms with Crippen LogP contribution >= 0.6 is 0 Å². The smallest absolute Gasteiger partial charge is 0.0494 e. The normalized spacial score (nSPS) is 12.9. The first-order chi connectivity index (χ1) is 8.05. The molecule has 0 aliphatic rings. The lowest BCUT2D eigenvalue weighted by Crippen LogP contribution is -2.47. The van der Waals surface area contributed by atoms with Crippen molar-refractivity contribution in [3.8, 4) is 0 Å². The maximum absolute atomic E-state index is 2.52. The number of nitrogens with zero attached hydrogens (tertiary/aromatic N) is 1. The molecule has 1 aromatic rings. The van der Waals surface area contributed by atoms with Crippen molar-refractivity contribution in [3.05, 3.63) is 29.8 Å². The molecule has 0 aromatic heterocycles. The molecule has 0 aliphatic carbocycles. The molecule has 0 heterocycles. The van der Waals surface area contributed by atoms with E-state index in [1.807, 2.05) is 0 Å². The Morgan fingerprint density at radius 3 is 1.67 bits per heavy atom. The fourth-order valence-electron chi connectivity index (χ4n) is 3.37. The monoisotopic (exact) mass is 279 g/mol. The minimum absolute atomic E-state index is 0.809. The van der Waals surface area contributed by atoms with Crippen LogP contribution in [0.25, 0.3) is 0 Å². The lowest BCUT2D eigenvalue weighted by Gasteiger charge is -2.40. The van der Waals surface area contributed by atoms with Crippen LogP contribution < -0.4 is 4.90 Å². The van der Waals surface area contributed by atoms with Crippen molar-refractivity contribution in [2.24, 2.45) is 0 Å². The predicted octanol–water partition coefficient (Wildman–Crippen LogP) is 4.59. The lowest BCUT2D eigenvalue weighted by molar-refractivity contribution is 1.08. The summed E-state index contributed by atoms with van der Waals surface area (Å²) in [5.41, 5.74) is 2.99. The van der Waals surface area contributed by atoms with E-state index in [9.17, 15) is 0 Å². The fourth-order valence-corrected chi connectivity index (χ4v) is 16.1. The maximum Gasteiger partial charge on any atom is 0.0494 e. The second-order valence-electron chi connectivity index (χ2n) is 7.62. The third-order valence-corrected chi connectivity index (χ3v) is 12.7. The molecule has 18 heavy (non-hydrogen) atoms. The van der Waals surface area contributed by atoms with Crippen LogP contribution in [0.15, 0.2) is 24.3 Å². The number of rotatable bonds is 4. The minimum atomic E-state index is -1.21. The van der Waals surface area contributed by atoms with Gasteiger partial charge in [0.25, 0.3) is 0 Å². The highest BCUT2D eigenvalue weighted by molar-refractivity contribution is 6.96. The molecule has 1 aromatic carbocycles. The van der Waals surface area contributed by atoms with E-state index in [2.05, 4.69) is 82.5 Å². The zero-order valence-electron chi connectivity index (χ0n) is 13.3. The number of hydrogen-bond acceptors (Lipinski definition) is 1. The van der Waals surface area contributed by atoms with Gasteiger partial charge in [-0.05, 0) is 16.8 Å². The van der Waals surface area contributed by atoms with E-state index in [0.717, 1.165) is 5.16 Å². The zero-order valence-corrected chi connectivity index (χ0v) is 15.3. The van der Waals surface area contributed by atoms with Gasteiger partial charge in [-0.15, -0.1) is 0 Å². The van der Waals surface area contributed by atoms with Crippen LogP contribution in [0, 0.1) is 0 Å². The van der Waals surface area contributed by atoms with Crippen LogP contribution in [0.5, 0.6) is 0 Å². The Bertz CT molecular complexity index is 386. The third-order valence-electron chi connectivity index (χ3n) is 3.46. The van der Waals surface area contributed by atoms with Gasteiger partial charge in [-0.1, -0.05) is 57.5 Å². The van der Waals surface area contributed by atoms with Crippen LogP contribution in [0.4, 0.5) is 5.69 Å². The molecular weight excluding hydrogens is 250 g/mol. The number of anilines is 1. The molecule has 0 aliphatic heterocycles. The number of benzene rings is 1. The van der Waals surface area contributed by atoms with Crippen molar-refractivity contribution >= 4 is 21.8 Å². The van der Waals surface area contributed by atoms with E-state index in [1.54, 1.807) is 5.56 Å². The number of hydrogen-bond donors (Lipinski definition) is 0. The molecule has 0 saturated heterocycles. The predicted molar refractivity (Wildman–Crippen MR) is 90.2 cm³/mol. The molecule has 0 fully saturated rings. The minimum Gasteiger partial charge on any atom is -0.377 e. The van der Waals surface area contributed by atoms with Gasteiger partial charge in [-0.3, -0.25) is 0 Å². The number of para-hydroxylation sites is 1. The zero-order chi connectivity index (χ0) is 14.1. The first kappa shape index (κ1) is 15.5. The highest BCUT2D eigenvalue weighted by Crippen LogP contribution is 2.39. The molecular formula is C15H29NSi2. The summed E-state index contributed by atoms with van der Waals surface area (Å²) in [5, 5.41) is 0.809. The summed E-state index contributed by atoms with van der Waals surface area (Å²) in [4.78, 5) is 2.27. The molecule has 0 unspecified atom stereocenters. The first-order valence-electron chi connectivity index (χ1n) is 6.81. The second kappa shape index (κ2) is 5.21. The van der Waals surface area contributed by atoms with E-state index in [-0.39, 0.29) is 0 Å². The van der Waals surface area contributed by atoms with Crippen molar-refractivity contribution in [2.75, 3.05) is 19.0 Å². The van der Waals surface area contributed by atoms with E-state index in [1.165, 1.54) is 5.69 Å². The first-order valence-corrected chi connectivity index (χ1v) is 14.0. The Morgan fingerprint density at radius 1 is 0.833 bits per heavy atom. The Kier molecular flexibility index (Phi) is 4.49. The lowest BCUT2D eigenvalue weighted by atomic mass is 10.2. The molecule has 0 spiro atoms. The SMILES string of the molecule is CN(C)c1ccccc1C([Si](C)(C)C)[Si](C)(C)C. The highest BCUT2D eigenvalue weighted by atomic mass is 28.4. The maximum atomic E-state index is 2.52. The summed E-state index contributed by atoms with van der Waals surface area (Å²) in [7, 11) is 1.90. The summed E-state index contributed by atoms with van der Waals surface area (Å²) in [6.45, 7) is 15.1. The molecule has 0 saturated carbocycles. The summed E-state index contributed by atoms with van der Waals surface area (Å²) in [6, 6.07) is 8.99. The van der Waals surface area contributed by atoms with Crippen LogP contribution in [-0.2, 0) is 0 Å². The van der Waals surface area contributed by atoms with Gasteiger partial charge in [0.05, 0.1) is 0 Å². The van der Waals surface area contributed by atoms with Gasteiger partial charge >= 0.3 is 0 Å². The van der Waals surface area contributed by atoms with E-state index >= 15 is 0 Å². The summed E-state index contributed by atoms with van der Waals surface area (Å²) in [6.07, 6.45) is 0. The quantitative estimate of drug-likeness (QED) is 0.729. The van der Waals surface area contributed by atoms with E-state index in [0.29, 0.717) is 0 Å². The molecule has 3 heteroatoms. The molecule has 0 atom stereocenters. The van der Waals surface area contributed by atoms with Gasteiger partial charge in [-0.25, -0.2) is 0 Å². The second-order valence-corrected chi connectivity index (χ2v) is 18.8. The van der Waals surface area contributed by atoms with Gasteiger partial charge in [-0.2, -0.15) is 0 Å². The molecule has 102 valence electrons. The van der Waals surface area contributed by atoms with Crippen molar-refractivity contribution in [1.29, 1.82) is 0 Å². The van der Waals surface area contributed by atoms with Gasteiger partial charge in [0.2, 0.25) is 0 Å². The van der Waals surface area contributed by atoms with E-state index < -0.39 is 16.1 Å². The highest BCUT2D eigenvalue weighted by Gasteiger charge is 2.39. The molecule has 0 N–H and O–H groups in total. The molecule has 0 radical (unpaired) electrons. The Hall–Kier alpha value is -0.546. The van der Waals surface area contributed by atoms with Crippen molar-refractivity contribution < 1.29 is 0 Å². The summed E-state index contributed by atoms with van der Waals surface area (Å²) >= 11 is 0. The van der Waals surface area contributed by atoms with Gasteiger partial charge in [0.15, 0.2) is 0 Å². The van der Waals surface area contributed by atoms with Crippen LogP contribution in [-0.4, -0.2) is 30.2 Å². The van der Waals surface area contributed by atoms with Crippen LogP contribution in [0.1, 0.15) is 10.7 Å². The largest absolute Gasteiger partial charge is 0.377 e. The van der Waals surface area contributed by atoms with E-state index in [4.69, 9.17) is 0 Å². The van der Waals surface area contributed by atoms with Crippen molar-refractivity contribution in [3.63, 3.8) is 0 Å².